The molecule has 0 aliphatic carbocycles. The molecule has 2 aliphatic rings. The maximum absolute atomic E-state index is 13.2. The van der Waals surface area contributed by atoms with Gasteiger partial charge in [0.05, 0.1) is 6.10 Å². The summed E-state index contributed by atoms with van der Waals surface area (Å²) in [4.78, 5) is 31.3. The average molecular weight is 422 g/mol. The van der Waals surface area contributed by atoms with Crippen molar-refractivity contribution in [1.29, 1.82) is 0 Å². The van der Waals surface area contributed by atoms with Crippen LogP contribution in [0.3, 0.4) is 0 Å². The number of ether oxygens (including phenoxy) is 1. The van der Waals surface area contributed by atoms with Crippen LogP contribution in [0.2, 0.25) is 0 Å². The van der Waals surface area contributed by atoms with Gasteiger partial charge in [0.25, 0.3) is 5.91 Å². The van der Waals surface area contributed by atoms with Crippen molar-refractivity contribution in [3.05, 3.63) is 65.7 Å². The number of carbonyl (C=O) groups excluding carboxylic acids is 2. The van der Waals surface area contributed by atoms with Gasteiger partial charge in [0.15, 0.2) is 0 Å². The minimum atomic E-state index is -0.0797. The molecule has 0 N–H and O–H groups in total. The maximum Gasteiger partial charge on any atom is 0.324 e. The molecule has 164 valence electrons. The Morgan fingerprint density at radius 1 is 0.968 bits per heavy atom. The Balaban J connectivity index is 1.38. The lowest BCUT2D eigenvalue weighted by atomic mass is 9.98. The largest absolute Gasteiger partial charge is 0.381 e. The normalized spacial score (nSPS) is 22.3. The first-order chi connectivity index (χ1) is 15.0. The Morgan fingerprint density at radius 2 is 1.58 bits per heavy atom. The van der Waals surface area contributed by atoms with Crippen molar-refractivity contribution in [3.63, 3.8) is 0 Å². The molecule has 2 unspecified atom stereocenters. The summed E-state index contributed by atoms with van der Waals surface area (Å²) in [5, 5.41) is 0. The van der Waals surface area contributed by atoms with Gasteiger partial charge in [-0.25, -0.2) is 4.79 Å². The summed E-state index contributed by atoms with van der Waals surface area (Å²) in [5.74, 6) is 0.113. The lowest BCUT2D eigenvalue weighted by molar-refractivity contribution is 0.00822. The van der Waals surface area contributed by atoms with E-state index in [2.05, 4.69) is 4.90 Å². The van der Waals surface area contributed by atoms with E-state index in [1.165, 1.54) is 0 Å². The molecule has 2 heterocycles. The van der Waals surface area contributed by atoms with Gasteiger partial charge in [0.1, 0.15) is 0 Å². The Bertz CT molecular complexity index is 901. The summed E-state index contributed by atoms with van der Waals surface area (Å²) >= 11 is 0. The number of hydrogen-bond acceptors (Lipinski definition) is 3. The van der Waals surface area contributed by atoms with E-state index in [-0.39, 0.29) is 30.1 Å². The van der Waals surface area contributed by atoms with Gasteiger partial charge < -0.3 is 14.5 Å². The molecule has 2 fully saturated rings. The summed E-state index contributed by atoms with van der Waals surface area (Å²) in [5.41, 5.74) is 2.56. The van der Waals surface area contributed by atoms with E-state index in [0.29, 0.717) is 12.1 Å². The van der Waals surface area contributed by atoms with E-state index >= 15 is 0 Å². The maximum atomic E-state index is 13.2. The van der Waals surface area contributed by atoms with Crippen molar-refractivity contribution in [2.24, 2.45) is 0 Å². The highest BCUT2D eigenvalue weighted by atomic mass is 16.5. The lowest BCUT2D eigenvalue weighted by Crippen LogP contribution is -2.48. The van der Waals surface area contributed by atoms with E-state index in [1.807, 2.05) is 54.6 Å². The second kappa shape index (κ2) is 9.10. The molecular weight excluding hydrogens is 390 g/mol. The van der Waals surface area contributed by atoms with E-state index in [4.69, 9.17) is 4.74 Å². The number of urea groups is 1. The predicted molar refractivity (Wildman–Crippen MR) is 121 cm³/mol. The van der Waals surface area contributed by atoms with E-state index in [0.717, 1.165) is 36.9 Å². The molecule has 0 aromatic heterocycles. The van der Waals surface area contributed by atoms with Crippen molar-refractivity contribution in [3.8, 4) is 0 Å². The molecule has 31 heavy (non-hydrogen) atoms. The number of hydrogen-bond donors (Lipinski definition) is 0. The zero-order valence-corrected chi connectivity index (χ0v) is 18.5. The summed E-state index contributed by atoms with van der Waals surface area (Å²) in [7, 11) is 5.33. The van der Waals surface area contributed by atoms with Gasteiger partial charge in [-0.05, 0) is 55.5 Å². The van der Waals surface area contributed by atoms with Crippen molar-refractivity contribution >= 4 is 17.6 Å². The minimum Gasteiger partial charge on any atom is -0.381 e. The number of nitrogens with zero attached hydrogens (tertiary/aromatic N) is 3. The summed E-state index contributed by atoms with van der Waals surface area (Å²) in [6.45, 7) is 0.481. The van der Waals surface area contributed by atoms with Gasteiger partial charge in [-0.2, -0.15) is 0 Å². The highest BCUT2D eigenvalue weighted by Gasteiger charge is 2.43. The number of benzene rings is 2. The van der Waals surface area contributed by atoms with Crippen molar-refractivity contribution < 1.29 is 14.3 Å². The van der Waals surface area contributed by atoms with Crippen LogP contribution in [0.5, 0.6) is 0 Å². The van der Waals surface area contributed by atoms with Gasteiger partial charge in [-0.1, -0.05) is 30.3 Å². The Morgan fingerprint density at radius 3 is 2.16 bits per heavy atom. The van der Waals surface area contributed by atoms with Crippen molar-refractivity contribution in [1.82, 2.24) is 9.80 Å². The molecular formula is C25H31N3O3. The fourth-order valence-corrected chi connectivity index (χ4v) is 4.91. The molecule has 4 rings (SSSR count). The highest BCUT2D eigenvalue weighted by molar-refractivity contribution is 5.95. The first-order valence-electron chi connectivity index (χ1n) is 11.0. The molecule has 2 bridgehead atoms. The third kappa shape index (κ3) is 4.44. The third-order valence-corrected chi connectivity index (χ3v) is 6.64. The second-order valence-corrected chi connectivity index (χ2v) is 8.66. The zero-order chi connectivity index (χ0) is 22.0. The summed E-state index contributed by atoms with van der Waals surface area (Å²) in [6.07, 6.45) is 4.26. The van der Waals surface area contributed by atoms with Crippen LogP contribution < -0.4 is 4.90 Å². The molecule has 2 aromatic rings. The van der Waals surface area contributed by atoms with E-state index in [1.54, 1.807) is 31.0 Å². The van der Waals surface area contributed by atoms with Crippen molar-refractivity contribution in [2.45, 2.75) is 50.4 Å². The van der Waals surface area contributed by atoms with Crippen LogP contribution in [0.25, 0.3) is 0 Å². The number of rotatable bonds is 5. The molecule has 2 aromatic carbocycles. The first kappa shape index (κ1) is 21.4. The number of anilines is 1. The van der Waals surface area contributed by atoms with Crippen LogP contribution in [0, 0.1) is 0 Å². The lowest BCUT2D eigenvalue weighted by Gasteiger charge is -2.38. The first-order valence-corrected chi connectivity index (χ1v) is 11.0. The number of methoxy groups -OCH3 is 1. The van der Waals surface area contributed by atoms with E-state index < -0.39 is 0 Å². The van der Waals surface area contributed by atoms with Gasteiger partial charge in [-0.15, -0.1) is 0 Å². The number of fused-ring (bicyclic) bond motifs is 2. The Hall–Kier alpha value is -2.86. The fourth-order valence-electron chi connectivity index (χ4n) is 4.91. The van der Waals surface area contributed by atoms with Crippen LogP contribution in [-0.2, 0) is 11.3 Å². The molecule has 0 saturated carbocycles. The van der Waals surface area contributed by atoms with Gasteiger partial charge in [-0.3, -0.25) is 9.69 Å². The fraction of sp³-hybridized carbons (Fsp3) is 0.440. The topological polar surface area (TPSA) is 53.1 Å². The second-order valence-electron chi connectivity index (χ2n) is 8.66. The monoisotopic (exact) mass is 421 g/mol. The number of amides is 3. The summed E-state index contributed by atoms with van der Waals surface area (Å²) in [6, 6.07) is 17.7. The SMILES string of the molecule is COC1CC2CCC(C1)N2C(=O)c1ccc(CN(C)C(=O)N(C)c2ccccc2)cc1. The quantitative estimate of drug-likeness (QED) is 0.729. The van der Waals surface area contributed by atoms with E-state index in [9.17, 15) is 9.59 Å². The third-order valence-electron chi connectivity index (χ3n) is 6.64. The molecule has 0 spiro atoms. The Labute approximate surface area is 184 Å². The molecule has 6 nitrogen and oxygen atoms in total. The number of carbonyl (C=O) groups is 2. The van der Waals surface area contributed by atoms with Crippen LogP contribution >= 0.6 is 0 Å². The van der Waals surface area contributed by atoms with Crippen molar-refractivity contribution in [2.75, 3.05) is 26.1 Å². The van der Waals surface area contributed by atoms with Gasteiger partial charge >= 0.3 is 6.03 Å². The molecule has 2 saturated heterocycles. The molecule has 2 atom stereocenters. The highest BCUT2D eigenvalue weighted by Crippen LogP contribution is 2.37. The minimum absolute atomic E-state index is 0.0797. The zero-order valence-electron chi connectivity index (χ0n) is 18.5. The molecule has 6 heteroatoms. The predicted octanol–water partition coefficient (Wildman–Crippen LogP) is 4.16. The number of para-hydroxylation sites is 1. The average Bonchev–Trinajstić information content (AvgIpc) is 3.07. The van der Waals surface area contributed by atoms with Crippen LogP contribution in [0.15, 0.2) is 54.6 Å². The summed E-state index contributed by atoms with van der Waals surface area (Å²) < 4.78 is 5.55. The van der Waals surface area contributed by atoms with Crippen LogP contribution in [0.4, 0.5) is 10.5 Å². The standard InChI is InChI=1S/C25H31N3O3/c1-26(25(30)27(2)20-7-5-4-6-8-20)17-18-9-11-19(12-10-18)24(29)28-21-13-14-22(28)16-23(15-21)31-3/h4-12,21-23H,13-17H2,1-3H3. The van der Waals surface area contributed by atoms with Crippen LogP contribution in [0.1, 0.15) is 41.6 Å². The Kier molecular flexibility index (Phi) is 6.28. The van der Waals surface area contributed by atoms with Gasteiger partial charge in [0.2, 0.25) is 0 Å². The number of piperidine rings is 1. The smallest absolute Gasteiger partial charge is 0.324 e. The van der Waals surface area contributed by atoms with Gasteiger partial charge in [0, 0.05) is 51.1 Å². The molecule has 0 radical (unpaired) electrons. The molecule has 3 amide bonds. The molecule has 2 aliphatic heterocycles. The van der Waals surface area contributed by atoms with Crippen LogP contribution in [-0.4, -0.2) is 61.1 Å².